The molecule has 5 heteroatoms. The van der Waals surface area contributed by atoms with Crippen LogP contribution in [0.4, 0.5) is 0 Å². The average Bonchev–Trinajstić information content (AvgIpc) is 3.05. The number of fused-ring (bicyclic) bond motifs is 1. The molecule has 0 aromatic heterocycles. The molecule has 1 N–H and O–H groups in total. The highest BCUT2D eigenvalue weighted by molar-refractivity contribution is 9.09. The third-order valence-corrected chi connectivity index (χ3v) is 6.85. The second-order valence-electron chi connectivity index (χ2n) is 5.74. The van der Waals surface area contributed by atoms with Crippen molar-refractivity contribution in [2.75, 3.05) is 11.9 Å². The zero-order valence-corrected chi connectivity index (χ0v) is 13.2. The van der Waals surface area contributed by atoms with Crippen molar-refractivity contribution in [1.29, 1.82) is 0 Å². The standard InChI is InChI=1S/C14H18BrNO2S/c15-9-14(6-7-14)10-16-19(17,18)13-5-4-11-2-1-3-12(11)8-13/h4-5,8,16H,1-3,6-7,9-10H2. The van der Waals surface area contributed by atoms with Gasteiger partial charge in [-0.3, -0.25) is 0 Å². The zero-order valence-electron chi connectivity index (χ0n) is 10.8. The number of aryl methyl sites for hydroxylation is 2. The van der Waals surface area contributed by atoms with Crippen LogP contribution in [-0.2, 0) is 22.9 Å². The molecule has 0 atom stereocenters. The van der Waals surface area contributed by atoms with E-state index in [0.29, 0.717) is 11.4 Å². The van der Waals surface area contributed by atoms with Crippen LogP contribution < -0.4 is 4.72 Å². The van der Waals surface area contributed by atoms with E-state index in [2.05, 4.69) is 20.7 Å². The van der Waals surface area contributed by atoms with E-state index in [9.17, 15) is 8.42 Å². The fourth-order valence-electron chi connectivity index (χ4n) is 2.58. The Kier molecular flexibility index (Phi) is 3.48. The van der Waals surface area contributed by atoms with Crippen LogP contribution in [0.5, 0.6) is 0 Å². The highest BCUT2D eigenvalue weighted by atomic mass is 79.9. The predicted molar refractivity (Wildman–Crippen MR) is 79.1 cm³/mol. The molecule has 0 saturated heterocycles. The molecule has 0 spiro atoms. The molecule has 19 heavy (non-hydrogen) atoms. The van der Waals surface area contributed by atoms with Gasteiger partial charge in [0.05, 0.1) is 4.90 Å². The van der Waals surface area contributed by atoms with E-state index in [1.165, 1.54) is 11.1 Å². The molecular weight excluding hydrogens is 326 g/mol. The number of sulfonamides is 1. The van der Waals surface area contributed by atoms with Crippen molar-refractivity contribution >= 4 is 26.0 Å². The van der Waals surface area contributed by atoms with Gasteiger partial charge in [0.2, 0.25) is 10.0 Å². The maximum absolute atomic E-state index is 12.3. The van der Waals surface area contributed by atoms with Gasteiger partial charge in [-0.05, 0) is 60.8 Å². The van der Waals surface area contributed by atoms with Crippen molar-refractivity contribution in [2.24, 2.45) is 5.41 Å². The predicted octanol–water partition coefficient (Wildman–Crippen LogP) is 2.63. The molecule has 3 nitrogen and oxygen atoms in total. The smallest absolute Gasteiger partial charge is 0.211 e. The molecule has 104 valence electrons. The summed E-state index contributed by atoms with van der Waals surface area (Å²) in [6.45, 7) is 0.539. The minimum atomic E-state index is -3.36. The summed E-state index contributed by atoms with van der Waals surface area (Å²) >= 11 is 3.46. The molecule has 1 fully saturated rings. The summed E-state index contributed by atoms with van der Waals surface area (Å²) in [5, 5.41) is 0.868. The van der Waals surface area contributed by atoms with Gasteiger partial charge in [-0.1, -0.05) is 22.0 Å². The third kappa shape index (κ3) is 2.73. The average molecular weight is 344 g/mol. The Bertz CT molecular complexity index is 593. The summed E-state index contributed by atoms with van der Waals surface area (Å²) in [5.41, 5.74) is 2.66. The summed E-state index contributed by atoms with van der Waals surface area (Å²) < 4.78 is 27.4. The van der Waals surface area contributed by atoms with Crippen LogP contribution in [0.3, 0.4) is 0 Å². The lowest BCUT2D eigenvalue weighted by Crippen LogP contribution is -2.31. The van der Waals surface area contributed by atoms with Gasteiger partial charge >= 0.3 is 0 Å². The Morgan fingerprint density at radius 3 is 2.63 bits per heavy atom. The zero-order chi connectivity index (χ0) is 13.5. The number of rotatable bonds is 5. The van der Waals surface area contributed by atoms with Gasteiger partial charge in [-0.25, -0.2) is 13.1 Å². The van der Waals surface area contributed by atoms with Crippen LogP contribution in [-0.4, -0.2) is 20.3 Å². The second-order valence-corrected chi connectivity index (χ2v) is 8.07. The Morgan fingerprint density at radius 1 is 1.21 bits per heavy atom. The van der Waals surface area contributed by atoms with Gasteiger partial charge in [-0.2, -0.15) is 0 Å². The number of hydrogen-bond acceptors (Lipinski definition) is 2. The van der Waals surface area contributed by atoms with Crippen LogP contribution in [0.15, 0.2) is 23.1 Å². The first-order valence-corrected chi connectivity index (χ1v) is 9.33. The fourth-order valence-corrected chi connectivity index (χ4v) is 4.55. The van der Waals surface area contributed by atoms with Crippen molar-refractivity contribution in [1.82, 2.24) is 4.72 Å². The lowest BCUT2D eigenvalue weighted by Gasteiger charge is -2.13. The van der Waals surface area contributed by atoms with Gasteiger partial charge in [0.1, 0.15) is 0 Å². The monoisotopic (exact) mass is 343 g/mol. The Balaban J connectivity index is 1.76. The van der Waals surface area contributed by atoms with E-state index in [0.717, 1.165) is 37.4 Å². The molecule has 3 rings (SSSR count). The van der Waals surface area contributed by atoms with E-state index < -0.39 is 10.0 Å². The molecule has 0 heterocycles. The lowest BCUT2D eigenvalue weighted by molar-refractivity contribution is 0.538. The van der Waals surface area contributed by atoms with Crippen LogP contribution in [0.2, 0.25) is 0 Å². The third-order valence-electron chi connectivity index (χ3n) is 4.26. The molecular formula is C14H18BrNO2S. The Hall–Kier alpha value is -0.390. The number of nitrogens with one attached hydrogen (secondary N) is 1. The summed E-state index contributed by atoms with van der Waals surface area (Å²) in [4.78, 5) is 0.415. The van der Waals surface area contributed by atoms with Gasteiger partial charge in [-0.15, -0.1) is 0 Å². The first-order valence-electron chi connectivity index (χ1n) is 6.72. The van der Waals surface area contributed by atoms with Crippen LogP contribution in [0.1, 0.15) is 30.4 Å². The van der Waals surface area contributed by atoms with Gasteiger partial charge in [0.15, 0.2) is 0 Å². The van der Waals surface area contributed by atoms with E-state index in [-0.39, 0.29) is 5.41 Å². The van der Waals surface area contributed by atoms with Crippen molar-refractivity contribution in [3.63, 3.8) is 0 Å². The first-order chi connectivity index (χ1) is 9.05. The number of alkyl halides is 1. The normalized spacial score (nSPS) is 20.3. The molecule has 1 aromatic rings. The minimum absolute atomic E-state index is 0.157. The van der Waals surface area contributed by atoms with Crippen molar-refractivity contribution in [3.05, 3.63) is 29.3 Å². The van der Waals surface area contributed by atoms with E-state index in [1.54, 1.807) is 6.07 Å². The summed E-state index contributed by atoms with van der Waals surface area (Å²) in [6, 6.07) is 5.55. The van der Waals surface area contributed by atoms with E-state index in [1.807, 2.05) is 12.1 Å². The first kappa shape index (κ1) is 13.6. The topological polar surface area (TPSA) is 46.2 Å². The summed E-state index contributed by atoms with van der Waals surface area (Å²) in [7, 11) is -3.36. The maximum atomic E-state index is 12.3. The molecule has 0 aliphatic heterocycles. The number of benzene rings is 1. The molecule has 0 bridgehead atoms. The largest absolute Gasteiger partial charge is 0.240 e. The van der Waals surface area contributed by atoms with E-state index in [4.69, 9.17) is 0 Å². The molecule has 1 saturated carbocycles. The van der Waals surface area contributed by atoms with Crippen molar-refractivity contribution < 1.29 is 8.42 Å². The fraction of sp³-hybridized carbons (Fsp3) is 0.571. The van der Waals surface area contributed by atoms with Gasteiger partial charge < -0.3 is 0 Å². The van der Waals surface area contributed by atoms with Crippen molar-refractivity contribution in [3.8, 4) is 0 Å². The summed E-state index contributed by atoms with van der Waals surface area (Å²) in [5.74, 6) is 0. The molecule has 2 aliphatic rings. The summed E-state index contributed by atoms with van der Waals surface area (Å²) in [6.07, 6.45) is 5.43. The maximum Gasteiger partial charge on any atom is 0.240 e. The second kappa shape index (κ2) is 4.86. The molecule has 0 amide bonds. The van der Waals surface area contributed by atoms with Gasteiger partial charge in [0, 0.05) is 11.9 Å². The van der Waals surface area contributed by atoms with Crippen molar-refractivity contribution in [2.45, 2.75) is 37.0 Å². The highest BCUT2D eigenvalue weighted by Gasteiger charge is 2.42. The van der Waals surface area contributed by atoms with Crippen LogP contribution in [0.25, 0.3) is 0 Å². The molecule has 0 unspecified atom stereocenters. The number of hydrogen-bond donors (Lipinski definition) is 1. The quantitative estimate of drug-likeness (QED) is 0.835. The van der Waals surface area contributed by atoms with Crippen LogP contribution >= 0.6 is 15.9 Å². The van der Waals surface area contributed by atoms with Crippen LogP contribution in [0, 0.1) is 5.41 Å². The lowest BCUT2D eigenvalue weighted by atomic mass is 10.1. The molecule has 1 aromatic carbocycles. The Morgan fingerprint density at radius 2 is 1.95 bits per heavy atom. The highest BCUT2D eigenvalue weighted by Crippen LogP contribution is 2.46. The minimum Gasteiger partial charge on any atom is -0.211 e. The van der Waals surface area contributed by atoms with E-state index >= 15 is 0 Å². The SMILES string of the molecule is O=S(=O)(NCC1(CBr)CC1)c1ccc2c(c1)CCC2. The number of halogens is 1. The Labute approximate surface area is 123 Å². The van der Waals surface area contributed by atoms with Gasteiger partial charge in [0.25, 0.3) is 0 Å². The molecule has 0 radical (unpaired) electrons. The molecule has 2 aliphatic carbocycles.